The van der Waals surface area contributed by atoms with Gasteiger partial charge in [0.05, 0.1) is 16.3 Å². The van der Waals surface area contributed by atoms with E-state index in [1.807, 2.05) is 62.3 Å². The summed E-state index contributed by atoms with van der Waals surface area (Å²) < 4.78 is 54.2. The molecule has 1 saturated heterocycles. The topological polar surface area (TPSA) is 107 Å². The number of rotatable bonds is 8. The lowest BCUT2D eigenvalue weighted by Gasteiger charge is -2.26. The summed E-state index contributed by atoms with van der Waals surface area (Å²) >= 11 is 0. The molecular formula is C22H30N4O5S2. The maximum absolute atomic E-state index is 13.2. The number of nitrogens with zero attached hydrogens (tertiary/aromatic N) is 3. The molecule has 0 aliphatic carbocycles. The Bertz CT molecular complexity index is 1240. The number of benzene rings is 2. The van der Waals surface area contributed by atoms with E-state index in [2.05, 4.69) is 4.72 Å². The molecule has 2 aromatic carbocycles. The van der Waals surface area contributed by atoms with Crippen LogP contribution in [0.25, 0.3) is 0 Å². The number of carbonyl (C=O) groups excluding carboxylic acids is 1. The van der Waals surface area contributed by atoms with Gasteiger partial charge in [-0.25, -0.2) is 25.9 Å². The zero-order valence-corrected chi connectivity index (χ0v) is 21.1. The second-order valence-electron chi connectivity index (χ2n) is 8.49. The molecule has 0 bridgehead atoms. The van der Waals surface area contributed by atoms with Gasteiger partial charge in [-0.05, 0) is 56.4 Å². The molecule has 1 fully saturated rings. The second kappa shape index (κ2) is 9.41. The van der Waals surface area contributed by atoms with Crippen LogP contribution in [0.5, 0.6) is 0 Å². The molecule has 180 valence electrons. The molecule has 1 aliphatic rings. The fraction of sp³-hybridized carbons (Fsp3) is 0.409. The Morgan fingerprint density at radius 2 is 1.70 bits per heavy atom. The van der Waals surface area contributed by atoms with Crippen molar-refractivity contribution < 1.29 is 21.6 Å². The van der Waals surface area contributed by atoms with Crippen LogP contribution in [0.3, 0.4) is 0 Å². The van der Waals surface area contributed by atoms with Crippen molar-refractivity contribution in [2.45, 2.75) is 24.3 Å². The van der Waals surface area contributed by atoms with Crippen molar-refractivity contribution >= 4 is 37.3 Å². The maximum atomic E-state index is 13.2. The zero-order valence-electron chi connectivity index (χ0n) is 19.4. The van der Waals surface area contributed by atoms with Crippen molar-refractivity contribution in [3.63, 3.8) is 0 Å². The lowest BCUT2D eigenvalue weighted by Crippen LogP contribution is -2.35. The summed E-state index contributed by atoms with van der Waals surface area (Å²) in [4.78, 5) is 16.0. The van der Waals surface area contributed by atoms with E-state index in [9.17, 15) is 21.6 Å². The number of hydrogen-bond acceptors (Lipinski definition) is 7. The molecule has 11 heteroatoms. The predicted molar refractivity (Wildman–Crippen MR) is 129 cm³/mol. The Hall–Kier alpha value is -2.47. The predicted octanol–water partition coefficient (Wildman–Crippen LogP) is 1.71. The quantitative estimate of drug-likeness (QED) is 0.595. The smallest absolute Gasteiger partial charge is 0.242 e. The van der Waals surface area contributed by atoms with Crippen LogP contribution in [0.4, 0.5) is 11.4 Å². The Labute approximate surface area is 196 Å². The van der Waals surface area contributed by atoms with Crippen molar-refractivity contribution in [1.29, 1.82) is 0 Å². The second-order valence-corrected chi connectivity index (χ2v) is 12.2. The van der Waals surface area contributed by atoms with E-state index < -0.39 is 26.0 Å². The fourth-order valence-corrected chi connectivity index (χ4v) is 6.49. The van der Waals surface area contributed by atoms with Crippen LogP contribution < -0.4 is 13.9 Å². The first-order chi connectivity index (χ1) is 15.3. The molecular weight excluding hydrogens is 464 g/mol. The first-order valence-corrected chi connectivity index (χ1v) is 13.5. The van der Waals surface area contributed by atoms with Gasteiger partial charge in [0.15, 0.2) is 0 Å². The monoisotopic (exact) mass is 494 g/mol. The highest BCUT2D eigenvalue weighted by Crippen LogP contribution is 2.29. The van der Waals surface area contributed by atoms with Crippen LogP contribution in [-0.4, -0.2) is 68.1 Å². The summed E-state index contributed by atoms with van der Waals surface area (Å²) in [5.74, 6) is -0.846. The molecule has 0 spiro atoms. The highest BCUT2D eigenvalue weighted by Gasteiger charge is 2.37. The van der Waals surface area contributed by atoms with Crippen molar-refractivity contribution in [1.82, 2.24) is 9.62 Å². The van der Waals surface area contributed by atoms with E-state index in [-0.39, 0.29) is 35.3 Å². The van der Waals surface area contributed by atoms with Crippen LogP contribution in [-0.2, 0) is 24.8 Å². The molecule has 1 atom stereocenters. The first kappa shape index (κ1) is 25.2. The fourth-order valence-electron chi connectivity index (χ4n) is 3.73. The minimum atomic E-state index is -3.97. The van der Waals surface area contributed by atoms with Gasteiger partial charge in [-0.2, -0.15) is 0 Å². The number of sulfonamides is 2. The van der Waals surface area contributed by atoms with Crippen molar-refractivity contribution in [2.24, 2.45) is 0 Å². The molecule has 33 heavy (non-hydrogen) atoms. The van der Waals surface area contributed by atoms with Gasteiger partial charge in [0, 0.05) is 38.8 Å². The standard InChI is InChI=1S/C22H30N4O5S2/c1-16-6-9-19(26-22(27)12-13-32(26,28)29)14-21(16)33(30,31)23-15-20(25(4)5)17-7-10-18(11-8-17)24(2)3/h6-11,14,20,23H,12-13,15H2,1-5H3. The average Bonchev–Trinajstić information content (AvgIpc) is 3.01. The van der Waals surface area contributed by atoms with Gasteiger partial charge in [-0.15, -0.1) is 0 Å². The van der Waals surface area contributed by atoms with Gasteiger partial charge in [-0.1, -0.05) is 18.2 Å². The summed E-state index contributed by atoms with van der Waals surface area (Å²) in [5.41, 5.74) is 2.47. The Balaban J connectivity index is 1.87. The van der Waals surface area contributed by atoms with E-state index in [0.29, 0.717) is 9.87 Å². The Kier molecular flexibility index (Phi) is 7.18. The van der Waals surface area contributed by atoms with Crippen LogP contribution in [0.15, 0.2) is 47.4 Å². The van der Waals surface area contributed by atoms with E-state index in [1.165, 1.54) is 18.2 Å². The highest BCUT2D eigenvalue weighted by molar-refractivity contribution is 7.94. The van der Waals surface area contributed by atoms with Crippen LogP contribution >= 0.6 is 0 Å². The van der Waals surface area contributed by atoms with Gasteiger partial charge >= 0.3 is 0 Å². The SMILES string of the molecule is Cc1ccc(N2C(=O)CCS2(=O)=O)cc1S(=O)(=O)NCC(c1ccc(N(C)C)cc1)N(C)C. The first-order valence-electron chi connectivity index (χ1n) is 10.4. The molecule has 1 heterocycles. The average molecular weight is 495 g/mol. The third kappa shape index (κ3) is 5.37. The third-order valence-corrected chi connectivity index (χ3v) is 8.92. The zero-order chi connectivity index (χ0) is 24.6. The largest absolute Gasteiger partial charge is 0.378 e. The lowest BCUT2D eigenvalue weighted by atomic mass is 10.1. The van der Waals surface area contributed by atoms with Crippen LogP contribution in [0.1, 0.15) is 23.6 Å². The summed E-state index contributed by atoms with van der Waals surface area (Å²) in [7, 11) is -0.126. The molecule has 0 saturated carbocycles. The number of aryl methyl sites for hydroxylation is 1. The Morgan fingerprint density at radius 3 is 2.21 bits per heavy atom. The van der Waals surface area contributed by atoms with E-state index in [0.717, 1.165) is 11.3 Å². The normalized spacial score (nSPS) is 16.9. The van der Waals surface area contributed by atoms with E-state index >= 15 is 0 Å². The number of hydrogen-bond donors (Lipinski definition) is 1. The molecule has 9 nitrogen and oxygen atoms in total. The molecule has 3 rings (SSSR count). The van der Waals surface area contributed by atoms with Crippen LogP contribution in [0.2, 0.25) is 0 Å². The third-order valence-electron chi connectivity index (χ3n) is 5.66. The minimum Gasteiger partial charge on any atom is -0.378 e. The summed E-state index contributed by atoms with van der Waals surface area (Å²) in [6.07, 6.45) is -0.117. The van der Waals surface area contributed by atoms with Gasteiger partial charge in [0.25, 0.3) is 0 Å². The van der Waals surface area contributed by atoms with Gasteiger partial charge in [0.1, 0.15) is 0 Å². The molecule has 1 amide bonds. The summed E-state index contributed by atoms with van der Waals surface area (Å²) in [6.45, 7) is 1.74. The summed E-state index contributed by atoms with van der Waals surface area (Å²) in [5, 5.41) is 0. The minimum absolute atomic E-state index is 0.0342. The molecule has 1 aliphatic heterocycles. The number of anilines is 2. The lowest BCUT2D eigenvalue weighted by molar-refractivity contribution is -0.116. The van der Waals surface area contributed by atoms with Gasteiger partial charge in [0.2, 0.25) is 26.0 Å². The highest BCUT2D eigenvalue weighted by atomic mass is 32.2. The number of amides is 1. The van der Waals surface area contributed by atoms with Crippen molar-refractivity contribution in [2.75, 3.05) is 49.7 Å². The van der Waals surface area contributed by atoms with Crippen LogP contribution in [0, 0.1) is 6.92 Å². The number of carbonyl (C=O) groups is 1. The molecule has 1 unspecified atom stereocenters. The van der Waals surface area contributed by atoms with Gasteiger partial charge < -0.3 is 9.80 Å². The van der Waals surface area contributed by atoms with Gasteiger partial charge in [-0.3, -0.25) is 4.79 Å². The Morgan fingerprint density at radius 1 is 1.06 bits per heavy atom. The van der Waals surface area contributed by atoms with E-state index in [1.54, 1.807) is 6.92 Å². The number of likely N-dealkylation sites (N-methyl/N-ethyl adjacent to an activating group) is 1. The molecule has 2 aromatic rings. The maximum Gasteiger partial charge on any atom is 0.242 e. The van der Waals surface area contributed by atoms with Crippen molar-refractivity contribution in [3.8, 4) is 0 Å². The van der Waals surface area contributed by atoms with Crippen molar-refractivity contribution in [3.05, 3.63) is 53.6 Å². The van der Waals surface area contributed by atoms with E-state index in [4.69, 9.17) is 0 Å². The molecule has 0 radical (unpaired) electrons. The summed E-state index contributed by atoms with van der Waals surface area (Å²) in [6, 6.07) is 11.9. The molecule has 1 N–H and O–H groups in total. The number of nitrogens with one attached hydrogen (secondary N) is 1. The molecule has 0 aromatic heterocycles.